The highest BCUT2D eigenvalue weighted by molar-refractivity contribution is 9.10. The summed E-state index contributed by atoms with van der Waals surface area (Å²) in [5.74, 6) is -1.71. The molecule has 0 aliphatic rings. The van der Waals surface area contributed by atoms with Crippen LogP contribution in [-0.4, -0.2) is 20.9 Å². The summed E-state index contributed by atoms with van der Waals surface area (Å²) in [6.45, 7) is 0. The zero-order valence-corrected chi connectivity index (χ0v) is 14.7. The van der Waals surface area contributed by atoms with Gasteiger partial charge in [-0.25, -0.2) is 13.6 Å². The zero-order valence-electron chi connectivity index (χ0n) is 13.1. The number of ether oxygens (including phenoxy) is 1. The number of esters is 1. The summed E-state index contributed by atoms with van der Waals surface area (Å²) in [4.78, 5) is 11.1. The van der Waals surface area contributed by atoms with Gasteiger partial charge in [0.25, 0.3) is 0 Å². The van der Waals surface area contributed by atoms with E-state index in [1.807, 2.05) is 0 Å². The molecule has 1 N–H and O–H groups in total. The number of nitrogens with one attached hydrogen (secondary N) is 1. The van der Waals surface area contributed by atoms with Crippen molar-refractivity contribution in [1.82, 2.24) is 0 Å². The molecule has 0 aliphatic heterocycles. The lowest BCUT2D eigenvalue weighted by Crippen LogP contribution is -2.12. The maximum absolute atomic E-state index is 14.0. The fourth-order valence-electron chi connectivity index (χ4n) is 2.20. The molecule has 0 bridgehead atoms. The molecule has 2 aromatic rings. The fraction of sp³-hybridized carbons (Fsp3) is 0.118. The monoisotopic (exact) mass is 393 g/mol. The molecule has 0 spiro atoms. The molecule has 7 heteroatoms. The van der Waals surface area contributed by atoms with Crippen LogP contribution in [0.25, 0.3) is 6.08 Å². The predicted octanol–water partition coefficient (Wildman–Crippen LogP) is 3.66. The van der Waals surface area contributed by atoms with Crippen molar-refractivity contribution in [2.24, 2.45) is 0 Å². The Morgan fingerprint density at radius 1 is 1.29 bits per heavy atom. The molecule has 0 radical (unpaired) electrons. The smallest absolute Gasteiger partial charge is 0.330 e. The summed E-state index contributed by atoms with van der Waals surface area (Å²) in [6, 6.07) is 9.04. The van der Waals surface area contributed by atoms with Crippen LogP contribution in [0.1, 0.15) is 17.1 Å². The van der Waals surface area contributed by atoms with Crippen molar-refractivity contribution in [1.29, 1.82) is 0 Å². The Bertz CT molecular complexity index is 783. The van der Waals surface area contributed by atoms with Gasteiger partial charge in [-0.1, -0.05) is 22.0 Å². The average molecular weight is 394 g/mol. The van der Waals surface area contributed by atoms with Gasteiger partial charge in [-0.15, -0.1) is 0 Å². The topological polar surface area (TPSA) is 38.3 Å². The van der Waals surface area contributed by atoms with Crippen LogP contribution < -0.4 is 5.32 Å². The van der Waals surface area contributed by atoms with Gasteiger partial charge in [0.15, 0.2) is 0 Å². The molecule has 2 aromatic carbocycles. The van der Waals surface area contributed by atoms with E-state index in [1.54, 1.807) is 26.0 Å². The normalized spacial score (nSPS) is 12.2. The minimum absolute atomic E-state index is 0.355. The van der Waals surface area contributed by atoms with Crippen molar-refractivity contribution < 1.29 is 18.3 Å². The Kier molecular flexibility index (Phi) is 6.14. The minimum Gasteiger partial charge on any atom is -0.466 e. The third-order valence-electron chi connectivity index (χ3n) is 3.35. The highest BCUT2D eigenvalue weighted by Gasteiger charge is 2.12. The van der Waals surface area contributed by atoms with Gasteiger partial charge in [-0.05, 0) is 42.0 Å². The molecule has 0 saturated heterocycles. The zero-order chi connectivity index (χ0) is 17.7. The molecule has 0 saturated carbocycles. The molecule has 0 fully saturated rings. The van der Waals surface area contributed by atoms with Crippen molar-refractivity contribution in [3.63, 3.8) is 0 Å². The molecule has 1 atom stereocenters. The van der Waals surface area contributed by atoms with Crippen LogP contribution >= 0.6 is 15.9 Å². The predicted molar refractivity (Wildman–Crippen MR) is 96.5 cm³/mol. The molecule has 0 aliphatic carbocycles. The summed E-state index contributed by atoms with van der Waals surface area (Å²) in [5, 5.41) is 3.06. The summed E-state index contributed by atoms with van der Waals surface area (Å²) in [5.41, 5.74) is 1.44. The SMILES string of the molecule is BC(Nc1cc(F)cc(/C=C/C(=O)OC)c1)c1ccc(Br)cc1F. The lowest BCUT2D eigenvalue weighted by molar-refractivity contribution is -0.134. The quantitative estimate of drug-likeness (QED) is 0.478. The minimum atomic E-state index is -0.529. The van der Waals surface area contributed by atoms with E-state index in [9.17, 15) is 13.6 Å². The first-order valence-corrected chi connectivity index (χ1v) is 7.96. The van der Waals surface area contributed by atoms with Crippen LogP contribution in [0.2, 0.25) is 0 Å². The van der Waals surface area contributed by atoms with Gasteiger partial charge in [-0.2, -0.15) is 0 Å². The Labute approximate surface area is 148 Å². The van der Waals surface area contributed by atoms with E-state index in [1.165, 1.54) is 37.5 Å². The Morgan fingerprint density at radius 2 is 2.04 bits per heavy atom. The summed E-state index contributed by atoms with van der Waals surface area (Å²) in [6.07, 6.45) is 2.65. The maximum atomic E-state index is 14.0. The lowest BCUT2D eigenvalue weighted by atomic mass is 9.88. The largest absolute Gasteiger partial charge is 0.466 e. The fourth-order valence-corrected chi connectivity index (χ4v) is 2.54. The van der Waals surface area contributed by atoms with Crippen molar-refractivity contribution in [2.75, 3.05) is 12.4 Å². The molecular weight excluding hydrogens is 379 g/mol. The van der Waals surface area contributed by atoms with Gasteiger partial charge in [0.2, 0.25) is 0 Å². The summed E-state index contributed by atoms with van der Waals surface area (Å²) in [7, 11) is 3.04. The molecule has 0 heterocycles. The number of carbonyl (C=O) groups excluding carboxylic acids is 1. The van der Waals surface area contributed by atoms with Crippen molar-refractivity contribution in [3.8, 4) is 0 Å². The van der Waals surface area contributed by atoms with Crippen LogP contribution in [0, 0.1) is 11.6 Å². The number of rotatable bonds is 5. The van der Waals surface area contributed by atoms with Crippen molar-refractivity contribution in [3.05, 3.63) is 69.7 Å². The second-order valence-electron chi connectivity index (χ2n) is 5.16. The first-order valence-electron chi connectivity index (χ1n) is 7.17. The third-order valence-corrected chi connectivity index (χ3v) is 3.84. The Balaban J connectivity index is 2.21. The first kappa shape index (κ1) is 18.2. The molecule has 0 amide bonds. The lowest BCUT2D eigenvalue weighted by Gasteiger charge is -2.17. The van der Waals surface area contributed by atoms with Gasteiger partial charge in [0.05, 0.1) is 7.11 Å². The molecular formula is C17H15BBrF2NO2. The van der Waals surface area contributed by atoms with E-state index in [4.69, 9.17) is 0 Å². The Hall–Kier alpha value is -2.15. The van der Waals surface area contributed by atoms with Crippen molar-refractivity contribution >= 4 is 41.5 Å². The molecule has 124 valence electrons. The van der Waals surface area contributed by atoms with E-state index < -0.39 is 11.8 Å². The average Bonchev–Trinajstić information content (AvgIpc) is 2.51. The molecule has 0 aromatic heterocycles. The molecule has 1 unspecified atom stereocenters. The number of hydrogen-bond acceptors (Lipinski definition) is 3. The van der Waals surface area contributed by atoms with Gasteiger partial charge < -0.3 is 10.1 Å². The third kappa shape index (κ3) is 4.93. The van der Waals surface area contributed by atoms with E-state index in [-0.39, 0.29) is 11.8 Å². The van der Waals surface area contributed by atoms with Gasteiger partial charge >= 0.3 is 5.97 Å². The van der Waals surface area contributed by atoms with Crippen LogP contribution in [0.4, 0.5) is 14.5 Å². The standard InChI is InChI=1S/C17H15BBrF2NO2/c1-24-16(23)5-2-10-6-12(20)9-13(7-10)22-17(18)14-4-3-11(19)8-15(14)21/h2-9,17,22H,18H2,1H3/b5-2+. The summed E-state index contributed by atoms with van der Waals surface area (Å²) >= 11 is 3.21. The van der Waals surface area contributed by atoms with Crippen LogP contribution in [0.15, 0.2) is 46.9 Å². The number of halogens is 3. The van der Waals surface area contributed by atoms with Crippen LogP contribution in [0.3, 0.4) is 0 Å². The van der Waals surface area contributed by atoms with Crippen LogP contribution in [-0.2, 0) is 9.53 Å². The number of anilines is 1. The Morgan fingerprint density at radius 3 is 2.71 bits per heavy atom. The molecule has 24 heavy (non-hydrogen) atoms. The van der Waals surface area contributed by atoms with E-state index >= 15 is 0 Å². The maximum Gasteiger partial charge on any atom is 0.330 e. The first-order chi connectivity index (χ1) is 11.4. The highest BCUT2D eigenvalue weighted by atomic mass is 79.9. The highest BCUT2D eigenvalue weighted by Crippen LogP contribution is 2.24. The van der Waals surface area contributed by atoms with Crippen molar-refractivity contribution in [2.45, 2.75) is 5.94 Å². The van der Waals surface area contributed by atoms with E-state index in [2.05, 4.69) is 26.0 Å². The van der Waals surface area contributed by atoms with Gasteiger partial charge in [0.1, 0.15) is 19.5 Å². The van der Waals surface area contributed by atoms with E-state index in [0.717, 1.165) is 0 Å². The summed E-state index contributed by atoms with van der Waals surface area (Å²) < 4.78 is 32.9. The second kappa shape index (κ2) is 8.10. The van der Waals surface area contributed by atoms with Gasteiger partial charge in [-0.3, -0.25) is 0 Å². The number of hydrogen-bond donors (Lipinski definition) is 1. The number of carbonyl (C=O) groups is 1. The second-order valence-corrected chi connectivity index (χ2v) is 6.08. The number of benzene rings is 2. The van der Waals surface area contributed by atoms with Gasteiger partial charge in [0, 0.05) is 27.7 Å². The van der Waals surface area contributed by atoms with Crippen LogP contribution in [0.5, 0.6) is 0 Å². The van der Waals surface area contributed by atoms with E-state index in [0.29, 0.717) is 21.3 Å². The molecule has 2 rings (SSSR count). The number of methoxy groups -OCH3 is 1. The molecule has 3 nitrogen and oxygen atoms in total.